The standard InChI is InChI=1S/C21H27NO2/c1-2-3-17-23-19-12-14-20(15-13-19)24-22-16-8-7-11-21(22)18-9-5-4-6-10-18/h4-6,9-10,12-15,21H,2-3,7-8,11,16-17H2,1H3. The average molecular weight is 325 g/mol. The Labute approximate surface area is 145 Å². The summed E-state index contributed by atoms with van der Waals surface area (Å²) < 4.78 is 5.71. The van der Waals surface area contributed by atoms with Crippen LogP contribution in [0.1, 0.15) is 50.6 Å². The highest BCUT2D eigenvalue weighted by molar-refractivity contribution is 5.31. The van der Waals surface area contributed by atoms with E-state index in [-0.39, 0.29) is 0 Å². The highest BCUT2D eigenvalue weighted by Gasteiger charge is 2.25. The summed E-state index contributed by atoms with van der Waals surface area (Å²) in [6, 6.07) is 19.0. The van der Waals surface area contributed by atoms with Crippen molar-refractivity contribution in [3.8, 4) is 11.5 Å². The zero-order valence-corrected chi connectivity index (χ0v) is 14.5. The van der Waals surface area contributed by atoms with E-state index >= 15 is 0 Å². The summed E-state index contributed by atoms with van der Waals surface area (Å²) in [5.41, 5.74) is 1.33. The second-order valence-electron chi connectivity index (χ2n) is 6.33. The molecule has 3 rings (SSSR count). The maximum absolute atomic E-state index is 6.18. The van der Waals surface area contributed by atoms with Gasteiger partial charge in [-0.2, -0.15) is 0 Å². The lowest BCUT2D eigenvalue weighted by Gasteiger charge is -2.34. The van der Waals surface area contributed by atoms with Crippen LogP contribution in [0.3, 0.4) is 0 Å². The van der Waals surface area contributed by atoms with Crippen molar-refractivity contribution < 1.29 is 9.57 Å². The highest BCUT2D eigenvalue weighted by atomic mass is 16.7. The number of hydrogen-bond donors (Lipinski definition) is 0. The molecule has 0 radical (unpaired) electrons. The quantitative estimate of drug-likeness (QED) is 0.637. The number of nitrogens with zero attached hydrogens (tertiary/aromatic N) is 1. The van der Waals surface area contributed by atoms with Crippen LogP contribution in [0.25, 0.3) is 0 Å². The van der Waals surface area contributed by atoms with Crippen molar-refractivity contribution in [2.75, 3.05) is 13.2 Å². The lowest BCUT2D eigenvalue weighted by molar-refractivity contribution is -0.114. The molecule has 0 aromatic heterocycles. The lowest BCUT2D eigenvalue weighted by atomic mass is 9.97. The first kappa shape index (κ1) is 16.8. The van der Waals surface area contributed by atoms with Gasteiger partial charge in [-0.25, -0.2) is 0 Å². The van der Waals surface area contributed by atoms with E-state index in [9.17, 15) is 0 Å². The summed E-state index contributed by atoms with van der Waals surface area (Å²) in [7, 11) is 0. The minimum atomic E-state index is 0.334. The van der Waals surface area contributed by atoms with Gasteiger partial charge in [0.05, 0.1) is 12.6 Å². The van der Waals surface area contributed by atoms with Gasteiger partial charge in [0.2, 0.25) is 0 Å². The molecule has 1 atom stereocenters. The summed E-state index contributed by atoms with van der Waals surface area (Å²) in [4.78, 5) is 6.18. The Hall–Kier alpha value is -2.00. The van der Waals surface area contributed by atoms with Crippen LogP contribution in [-0.2, 0) is 0 Å². The van der Waals surface area contributed by atoms with Gasteiger partial charge in [-0.1, -0.05) is 50.1 Å². The number of benzene rings is 2. The predicted molar refractivity (Wildman–Crippen MR) is 97.2 cm³/mol. The van der Waals surface area contributed by atoms with Gasteiger partial charge in [0.25, 0.3) is 0 Å². The Morgan fingerprint density at radius 2 is 1.71 bits per heavy atom. The van der Waals surface area contributed by atoms with Gasteiger partial charge in [-0.05, 0) is 49.1 Å². The minimum absolute atomic E-state index is 0.334. The van der Waals surface area contributed by atoms with Crippen molar-refractivity contribution in [3.05, 3.63) is 60.2 Å². The fourth-order valence-electron chi connectivity index (χ4n) is 3.09. The van der Waals surface area contributed by atoms with E-state index in [1.165, 1.54) is 18.4 Å². The van der Waals surface area contributed by atoms with Gasteiger partial charge < -0.3 is 9.57 Å². The summed E-state index contributed by atoms with van der Waals surface area (Å²) in [5, 5.41) is 2.13. The molecule has 3 heteroatoms. The van der Waals surface area contributed by atoms with Crippen LogP contribution >= 0.6 is 0 Å². The number of rotatable bonds is 7. The van der Waals surface area contributed by atoms with Crippen molar-refractivity contribution in [1.82, 2.24) is 5.06 Å². The molecule has 2 aromatic carbocycles. The molecule has 1 unspecified atom stereocenters. The third kappa shape index (κ3) is 4.51. The van der Waals surface area contributed by atoms with Crippen LogP contribution in [0.2, 0.25) is 0 Å². The minimum Gasteiger partial charge on any atom is -0.494 e. The fourth-order valence-corrected chi connectivity index (χ4v) is 3.09. The van der Waals surface area contributed by atoms with Gasteiger partial charge in [-0.3, -0.25) is 0 Å². The number of hydrogen-bond acceptors (Lipinski definition) is 3. The highest BCUT2D eigenvalue weighted by Crippen LogP contribution is 2.32. The Morgan fingerprint density at radius 3 is 2.46 bits per heavy atom. The fraction of sp³-hybridized carbons (Fsp3) is 0.429. The topological polar surface area (TPSA) is 21.7 Å². The molecule has 1 heterocycles. The molecule has 1 saturated heterocycles. The van der Waals surface area contributed by atoms with Crippen molar-refractivity contribution in [1.29, 1.82) is 0 Å². The van der Waals surface area contributed by atoms with Gasteiger partial charge in [0.1, 0.15) is 11.5 Å². The molecule has 0 spiro atoms. The molecule has 0 N–H and O–H groups in total. The molecule has 128 valence electrons. The second-order valence-corrected chi connectivity index (χ2v) is 6.33. The third-order valence-electron chi connectivity index (χ3n) is 4.45. The Bertz CT molecular complexity index is 597. The second kappa shape index (κ2) is 8.74. The molecular weight excluding hydrogens is 298 g/mol. The first-order valence-electron chi connectivity index (χ1n) is 9.09. The summed E-state index contributed by atoms with van der Waals surface area (Å²) >= 11 is 0. The van der Waals surface area contributed by atoms with Gasteiger partial charge in [0.15, 0.2) is 0 Å². The average Bonchev–Trinajstić information content (AvgIpc) is 2.65. The number of unbranched alkanes of at least 4 members (excludes halogenated alkanes) is 1. The zero-order chi connectivity index (χ0) is 16.6. The maximum atomic E-state index is 6.18. The molecule has 0 bridgehead atoms. The van der Waals surface area contributed by atoms with E-state index in [2.05, 4.69) is 42.3 Å². The monoisotopic (exact) mass is 325 g/mol. The Kier molecular flexibility index (Phi) is 6.13. The van der Waals surface area contributed by atoms with Crippen LogP contribution in [0.4, 0.5) is 0 Å². The number of ether oxygens (including phenoxy) is 1. The maximum Gasteiger partial charge on any atom is 0.147 e. The summed E-state index contributed by atoms with van der Waals surface area (Å²) in [6.45, 7) is 3.91. The lowest BCUT2D eigenvalue weighted by Crippen LogP contribution is -2.36. The zero-order valence-electron chi connectivity index (χ0n) is 14.5. The molecule has 24 heavy (non-hydrogen) atoms. The Balaban J connectivity index is 1.63. The summed E-state index contributed by atoms with van der Waals surface area (Å²) in [5.74, 6) is 1.79. The molecular formula is C21H27NO2. The molecule has 2 aromatic rings. The number of piperidine rings is 1. The van der Waals surface area contributed by atoms with Gasteiger partial charge >= 0.3 is 0 Å². The van der Waals surface area contributed by atoms with Crippen LogP contribution in [0.15, 0.2) is 54.6 Å². The van der Waals surface area contributed by atoms with Crippen molar-refractivity contribution >= 4 is 0 Å². The van der Waals surface area contributed by atoms with Crippen LogP contribution in [0, 0.1) is 0 Å². The van der Waals surface area contributed by atoms with E-state index in [0.717, 1.165) is 43.9 Å². The van der Waals surface area contributed by atoms with E-state index in [1.54, 1.807) is 0 Å². The van der Waals surface area contributed by atoms with Crippen LogP contribution in [-0.4, -0.2) is 18.2 Å². The third-order valence-corrected chi connectivity index (χ3v) is 4.45. The first-order chi connectivity index (χ1) is 11.9. The van der Waals surface area contributed by atoms with Gasteiger partial charge in [-0.15, -0.1) is 5.06 Å². The molecule has 0 amide bonds. The summed E-state index contributed by atoms with van der Waals surface area (Å²) in [6.07, 6.45) is 5.81. The number of hydroxylamine groups is 2. The normalized spacial score (nSPS) is 18.3. The smallest absolute Gasteiger partial charge is 0.147 e. The predicted octanol–water partition coefficient (Wildman–Crippen LogP) is 5.39. The van der Waals surface area contributed by atoms with E-state index in [0.29, 0.717) is 6.04 Å². The largest absolute Gasteiger partial charge is 0.494 e. The molecule has 0 aliphatic carbocycles. The van der Waals surface area contributed by atoms with Crippen molar-refractivity contribution in [2.45, 2.75) is 45.1 Å². The van der Waals surface area contributed by atoms with Crippen molar-refractivity contribution in [3.63, 3.8) is 0 Å². The first-order valence-corrected chi connectivity index (χ1v) is 9.09. The van der Waals surface area contributed by atoms with E-state index in [4.69, 9.17) is 9.57 Å². The molecule has 1 fully saturated rings. The van der Waals surface area contributed by atoms with Crippen molar-refractivity contribution in [2.24, 2.45) is 0 Å². The van der Waals surface area contributed by atoms with Crippen LogP contribution in [0.5, 0.6) is 11.5 Å². The Morgan fingerprint density at radius 1 is 0.958 bits per heavy atom. The molecule has 0 saturated carbocycles. The molecule has 1 aliphatic rings. The molecule has 3 nitrogen and oxygen atoms in total. The molecule has 1 aliphatic heterocycles. The van der Waals surface area contributed by atoms with E-state index in [1.807, 2.05) is 24.3 Å². The van der Waals surface area contributed by atoms with E-state index < -0.39 is 0 Å². The van der Waals surface area contributed by atoms with Gasteiger partial charge in [0, 0.05) is 6.54 Å². The van der Waals surface area contributed by atoms with Crippen LogP contribution < -0.4 is 9.57 Å². The SMILES string of the molecule is CCCCOc1ccc(ON2CCCCC2c2ccccc2)cc1.